The van der Waals surface area contributed by atoms with E-state index in [1.807, 2.05) is 19.2 Å². The zero-order valence-corrected chi connectivity index (χ0v) is 16.3. The highest BCUT2D eigenvalue weighted by molar-refractivity contribution is 6.30. The summed E-state index contributed by atoms with van der Waals surface area (Å²) in [5.74, 6) is 2.31. The fraction of sp³-hybridized carbons (Fsp3) is 0.636. The molecular formula is C22H29ClO2. The van der Waals surface area contributed by atoms with Crippen molar-refractivity contribution in [3.05, 3.63) is 40.4 Å². The Kier molecular flexibility index (Phi) is 4.20. The van der Waals surface area contributed by atoms with Gasteiger partial charge >= 0.3 is 0 Å². The summed E-state index contributed by atoms with van der Waals surface area (Å²) in [6.45, 7) is 4.52. The average molecular weight is 361 g/mol. The number of benzene rings is 1. The highest BCUT2D eigenvalue weighted by Gasteiger charge is 2.60. The van der Waals surface area contributed by atoms with Gasteiger partial charge < -0.3 is 9.84 Å². The zero-order chi connectivity index (χ0) is 17.8. The molecule has 0 aliphatic heterocycles. The molecule has 3 aliphatic carbocycles. The fourth-order valence-electron chi connectivity index (χ4n) is 6.52. The Hall–Kier alpha value is -0.990. The molecule has 0 spiro atoms. The second kappa shape index (κ2) is 6.03. The number of fused-ring (bicyclic) bond motifs is 5. The number of phenols is 1. The van der Waals surface area contributed by atoms with Gasteiger partial charge in [-0.3, -0.25) is 0 Å². The zero-order valence-electron chi connectivity index (χ0n) is 15.5. The molecule has 0 heterocycles. The van der Waals surface area contributed by atoms with Crippen LogP contribution in [-0.2, 0) is 11.2 Å². The molecule has 5 atom stereocenters. The molecular weight excluding hydrogens is 332 g/mol. The Bertz CT molecular complexity index is 712. The second-order valence-electron chi connectivity index (χ2n) is 8.37. The monoisotopic (exact) mass is 360 g/mol. The Morgan fingerprint density at radius 3 is 2.84 bits per heavy atom. The molecule has 25 heavy (non-hydrogen) atoms. The third-order valence-electron chi connectivity index (χ3n) is 7.91. The minimum Gasteiger partial charge on any atom is -0.508 e. The van der Waals surface area contributed by atoms with Gasteiger partial charge in [0.05, 0.1) is 0 Å². The first-order valence-corrected chi connectivity index (χ1v) is 10.1. The maximum Gasteiger partial charge on any atom is 0.115 e. The number of aromatic hydroxyl groups is 1. The van der Waals surface area contributed by atoms with E-state index in [1.54, 1.807) is 0 Å². The van der Waals surface area contributed by atoms with Crippen molar-refractivity contribution in [3.63, 3.8) is 0 Å². The largest absolute Gasteiger partial charge is 0.508 e. The molecule has 0 saturated heterocycles. The van der Waals surface area contributed by atoms with Gasteiger partial charge in [0.1, 0.15) is 11.4 Å². The molecule has 1 aromatic carbocycles. The number of methoxy groups -OCH3 is 1. The lowest BCUT2D eigenvalue weighted by Crippen LogP contribution is -2.58. The molecule has 1 saturated carbocycles. The van der Waals surface area contributed by atoms with Crippen molar-refractivity contribution < 1.29 is 9.84 Å². The van der Waals surface area contributed by atoms with Crippen LogP contribution in [0.3, 0.4) is 0 Å². The Balaban J connectivity index is 1.77. The van der Waals surface area contributed by atoms with Crippen LogP contribution in [0.2, 0.25) is 0 Å². The molecule has 3 aliphatic rings. The van der Waals surface area contributed by atoms with Crippen LogP contribution in [0.1, 0.15) is 63.0 Å². The summed E-state index contributed by atoms with van der Waals surface area (Å²) in [7, 11) is 1.82. The lowest BCUT2D eigenvalue weighted by atomic mass is 9.46. The van der Waals surface area contributed by atoms with Crippen LogP contribution in [0, 0.1) is 17.3 Å². The average Bonchev–Trinajstić information content (AvgIpc) is 2.63. The molecule has 0 aromatic heterocycles. The van der Waals surface area contributed by atoms with Gasteiger partial charge in [-0.05, 0) is 86.5 Å². The van der Waals surface area contributed by atoms with Crippen LogP contribution in [0.4, 0.5) is 0 Å². The molecule has 0 bridgehead atoms. The first-order valence-electron chi connectivity index (χ1n) is 9.70. The maximum atomic E-state index is 9.84. The molecule has 4 rings (SSSR count). The molecule has 1 unspecified atom stereocenters. The van der Waals surface area contributed by atoms with E-state index in [4.69, 9.17) is 16.3 Å². The van der Waals surface area contributed by atoms with Gasteiger partial charge in [-0.2, -0.15) is 0 Å². The molecule has 2 nitrogen and oxygen atoms in total. The standard InChI is InChI=1S/C22H29ClO2/c1-4-22-12-11-17-16-8-6-15(24)13-14(16)5-7-18(17)19(22)9-10-20(23)21(22,2)25-3/h6,8,10,13,17-19,24H,4-5,7,9,11-12H2,1-3H3/t17-,18-,19+,21?,22+/m1/s1. The number of hydrogen-bond acceptors (Lipinski definition) is 2. The van der Waals surface area contributed by atoms with Crippen molar-refractivity contribution in [2.45, 2.75) is 63.9 Å². The van der Waals surface area contributed by atoms with E-state index in [1.165, 1.54) is 24.0 Å². The lowest BCUT2D eigenvalue weighted by Gasteiger charge is -2.61. The Morgan fingerprint density at radius 1 is 1.32 bits per heavy atom. The summed E-state index contributed by atoms with van der Waals surface area (Å²) in [4.78, 5) is 0. The predicted octanol–water partition coefficient (Wildman–Crippen LogP) is 5.78. The van der Waals surface area contributed by atoms with Gasteiger partial charge in [-0.15, -0.1) is 0 Å². The predicted molar refractivity (Wildman–Crippen MR) is 102 cm³/mol. The van der Waals surface area contributed by atoms with Crippen LogP contribution in [0.5, 0.6) is 5.75 Å². The highest BCUT2D eigenvalue weighted by atomic mass is 35.5. The first-order chi connectivity index (χ1) is 12.0. The molecule has 1 fully saturated rings. The van der Waals surface area contributed by atoms with Crippen molar-refractivity contribution in [2.75, 3.05) is 7.11 Å². The van der Waals surface area contributed by atoms with E-state index >= 15 is 0 Å². The number of aryl methyl sites for hydroxylation is 1. The second-order valence-corrected chi connectivity index (χ2v) is 8.78. The van der Waals surface area contributed by atoms with Gasteiger partial charge in [0.2, 0.25) is 0 Å². The van der Waals surface area contributed by atoms with Gasteiger partial charge in [-0.25, -0.2) is 0 Å². The maximum absolute atomic E-state index is 9.84. The molecule has 1 aromatic rings. The number of hydrogen-bond donors (Lipinski definition) is 1. The summed E-state index contributed by atoms with van der Waals surface area (Å²) in [6.07, 6.45) is 9.03. The van der Waals surface area contributed by atoms with Crippen LogP contribution in [-0.4, -0.2) is 17.8 Å². The highest BCUT2D eigenvalue weighted by Crippen LogP contribution is 2.65. The quantitative estimate of drug-likeness (QED) is 0.724. The summed E-state index contributed by atoms with van der Waals surface area (Å²) in [5, 5.41) is 10.7. The number of allylic oxidation sites excluding steroid dienone is 1. The van der Waals surface area contributed by atoms with Crippen molar-refractivity contribution in [1.29, 1.82) is 0 Å². The number of rotatable bonds is 2. The normalized spacial score (nSPS) is 39.8. The summed E-state index contributed by atoms with van der Waals surface area (Å²) < 4.78 is 6.09. The molecule has 1 N–H and O–H groups in total. The van der Waals surface area contributed by atoms with E-state index in [2.05, 4.69) is 26.0 Å². The Morgan fingerprint density at radius 2 is 2.12 bits per heavy atom. The summed E-state index contributed by atoms with van der Waals surface area (Å²) in [5.41, 5.74) is 2.58. The minimum absolute atomic E-state index is 0.128. The van der Waals surface area contributed by atoms with Gasteiger partial charge in [0, 0.05) is 17.6 Å². The van der Waals surface area contributed by atoms with E-state index < -0.39 is 0 Å². The topological polar surface area (TPSA) is 29.5 Å². The first kappa shape index (κ1) is 17.4. The van der Waals surface area contributed by atoms with Crippen LogP contribution < -0.4 is 0 Å². The SMILES string of the molecule is CC[C@]12CC[C@@H]3c4ccc(O)cc4CC[C@H]3[C@@H]1CC=C(Cl)C2(C)OC. The molecule has 136 valence electrons. The molecule has 0 amide bonds. The van der Waals surface area contributed by atoms with Crippen LogP contribution in [0.25, 0.3) is 0 Å². The smallest absolute Gasteiger partial charge is 0.115 e. The van der Waals surface area contributed by atoms with Crippen molar-refractivity contribution in [1.82, 2.24) is 0 Å². The number of phenolic OH excluding ortho intramolecular Hbond substituents is 1. The fourth-order valence-corrected chi connectivity index (χ4v) is 6.87. The molecule has 0 radical (unpaired) electrons. The van der Waals surface area contributed by atoms with Crippen molar-refractivity contribution in [2.24, 2.45) is 17.3 Å². The number of halogens is 1. The van der Waals surface area contributed by atoms with E-state index in [-0.39, 0.29) is 11.0 Å². The van der Waals surface area contributed by atoms with Crippen molar-refractivity contribution in [3.8, 4) is 5.75 Å². The van der Waals surface area contributed by atoms with E-state index in [9.17, 15) is 5.11 Å². The summed E-state index contributed by atoms with van der Waals surface area (Å²) >= 11 is 6.69. The van der Waals surface area contributed by atoms with E-state index in [0.29, 0.717) is 23.5 Å². The van der Waals surface area contributed by atoms with E-state index in [0.717, 1.165) is 30.7 Å². The third kappa shape index (κ3) is 2.26. The third-order valence-corrected chi connectivity index (χ3v) is 8.43. The molecule has 3 heteroatoms. The number of ether oxygens (including phenoxy) is 1. The van der Waals surface area contributed by atoms with Crippen molar-refractivity contribution >= 4 is 11.6 Å². The minimum atomic E-state index is -0.369. The van der Waals surface area contributed by atoms with Crippen LogP contribution >= 0.6 is 11.6 Å². The van der Waals surface area contributed by atoms with Crippen LogP contribution in [0.15, 0.2) is 29.3 Å². The van der Waals surface area contributed by atoms with Gasteiger partial charge in [0.15, 0.2) is 0 Å². The van der Waals surface area contributed by atoms with Gasteiger partial charge in [-0.1, -0.05) is 30.7 Å². The van der Waals surface area contributed by atoms with Gasteiger partial charge in [0.25, 0.3) is 0 Å². The summed E-state index contributed by atoms with van der Waals surface area (Å²) in [6, 6.07) is 6.01. The Labute approximate surface area is 156 Å². The lowest BCUT2D eigenvalue weighted by molar-refractivity contribution is -0.146.